The molecule has 0 atom stereocenters. The van der Waals surface area contributed by atoms with Crippen LogP contribution in [0, 0.1) is 5.82 Å². The molecule has 0 radical (unpaired) electrons. The highest BCUT2D eigenvalue weighted by Crippen LogP contribution is 2.44. The highest BCUT2D eigenvalue weighted by Gasteiger charge is 2.55. The number of thiophene rings is 1. The Kier molecular flexibility index (Phi) is 4.92. The largest absolute Gasteiger partial charge is 0.466 e. The Morgan fingerprint density at radius 1 is 1.42 bits per heavy atom. The molecule has 0 bridgehead atoms. The van der Waals surface area contributed by atoms with Gasteiger partial charge in [0.1, 0.15) is 10.0 Å². The predicted molar refractivity (Wildman–Crippen MR) is 91.7 cm³/mol. The van der Waals surface area contributed by atoms with Gasteiger partial charge < -0.3 is 9.47 Å². The Balaban J connectivity index is 2.04. The van der Waals surface area contributed by atoms with Crippen molar-refractivity contribution in [3.05, 3.63) is 21.2 Å². The molecule has 0 N–H and O–H groups in total. The van der Waals surface area contributed by atoms with Crippen molar-refractivity contribution in [2.45, 2.75) is 23.6 Å². The quantitative estimate of drug-likeness (QED) is 0.413. The fourth-order valence-electron chi connectivity index (χ4n) is 2.02. The van der Waals surface area contributed by atoms with Gasteiger partial charge in [-0.15, -0.1) is 11.3 Å². The molecule has 2 heterocycles. The number of hydrogen-bond acceptors (Lipinski definition) is 7. The second-order valence-electron chi connectivity index (χ2n) is 5.00. The van der Waals surface area contributed by atoms with Crippen molar-refractivity contribution in [3.8, 4) is 16.5 Å². The van der Waals surface area contributed by atoms with Crippen molar-refractivity contribution in [1.29, 1.82) is 0 Å². The zero-order chi connectivity index (χ0) is 17.5. The summed E-state index contributed by atoms with van der Waals surface area (Å²) in [5.74, 6) is -1.60. The first-order valence-corrected chi connectivity index (χ1v) is 9.54. The Hall–Kier alpha value is -1.09. The molecule has 0 spiro atoms. The van der Waals surface area contributed by atoms with Gasteiger partial charge in [0.2, 0.25) is 11.4 Å². The molecule has 0 saturated heterocycles. The molecular weight excluding hydrogens is 398 g/mol. The number of esters is 1. The van der Waals surface area contributed by atoms with Crippen molar-refractivity contribution in [1.82, 2.24) is 9.97 Å². The second kappa shape index (κ2) is 6.67. The molecule has 10 heteroatoms. The monoisotopic (exact) mass is 408 g/mol. The summed E-state index contributed by atoms with van der Waals surface area (Å²) in [6, 6.07) is 1.53. The summed E-state index contributed by atoms with van der Waals surface area (Å²) in [5, 5.41) is 0.624. The summed E-state index contributed by atoms with van der Waals surface area (Å²) in [5.41, 5.74) is -1.13. The fraction of sp³-hybridized carbons (Fsp3) is 0.357. The van der Waals surface area contributed by atoms with Gasteiger partial charge in [-0.2, -0.15) is 9.37 Å². The maximum absolute atomic E-state index is 14.9. The van der Waals surface area contributed by atoms with Crippen LogP contribution in [0.3, 0.4) is 0 Å². The van der Waals surface area contributed by atoms with E-state index in [9.17, 15) is 9.18 Å². The van der Waals surface area contributed by atoms with Crippen LogP contribution in [0.25, 0.3) is 10.6 Å². The molecule has 2 aromatic heterocycles. The van der Waals surface area contributed by atoms with E-state index in [1.807, 2.05) is 0 Å². The number of carbonyl (C=O) groups excluding carboxylic acids is 1. The predicted octanol–water partition coefficient (Wildman–Crippen LogP) is 4.46. The average molecular weight is 409 g/mol. The third-order valence-electron chi connectivity index (χ3n) is 3.41. The summed E-state index contributed by atoms with van der Waals surface area (Å²) in [6.07, 6.45) is 2.65. The molecule has 1 fully saturated rings. The number of hydrogen-bond donors (Lipinski definition) is 0. The second-order valence-corrected chi connectivity index (χ2v) is 7.83. The van der Waals surface area contributed by atoms with E-state index in [2.05, 4.69) is 9.97 Å². The molecule has 3 rings (SSSR count). The van der Waals surface area contributed by atoms with Crippen molar-refractivity contribution in [2.75, 3.05) is 13.4 Å². The van der Waals surface area contributed by atoms with Crippen molar-refractivity contribution >= 4 is 52.3 Å². The van der Waals surface area contributed by atoms with Gasteiger partial charge in [0.05, 0.1) is 17.0 Å². The normalized spacial score (nSPS) is 15.2. The first-order valence-electron chi connectivity index (χ1n) is 6.74. The van der Waals surface area contributed by atoms with Gasteiger partial charge in [0.15, 0.2) is 5.16 Å². The molecule has 1 aliphatic carbocycles. The Bertz CT molecular complexity index is 792. The number of carbonyl (C=O) groups is 1. The van der Waals surface area contributed by atoms with Crippen molar-refractivity contribution in [3.63, 3.8) is 0 Å². The zero-order valence-corrected chi connectivity index (χ0v) is 15.7. The number of aromatic nitrogens is 2. The van der Waals surface area contributed by atoms with Crippen LogP contribution < -0.4 is 4.74 Å². The fourth-order valence-corrected chi connectivity index (χ4v) is 3.73. The van der Waals surface area contributed by atoms with Crippen LogP contribution >= 0.6 is 46.3 Å². The minimum Gasteiger partial charge on any atom is -0.466 e. The van der Waals surface area contributed by atoms with Gasteiger partial charge in [-0.05, 0) is 12.3 Å². The van der Waals surface area contributed by atoms with Crippen LogP contribution in [0.5, 0.6) is 5.88 Å². The van der Waals surface area contributed by atoms with E-state index < -0.39 is 17.4 Å². The SMILES string of the molecule is COC(=O)C1(Oc2nc(SC)nc(-c3cc(Cl)c(Cl)s3)c2F)CC1. The molecule has 0 aliphatic heterocycles. The summed E-state index contributed by atoms with van der Waals surface area (Å²) < 4.78 is 25.5. The van der Waals surface area contributed by atoms with E-state index in [4.69, 9.17) is 32.7 Å². The highest BCUT2D eigenvalue weighted by atomic mass is 35.5. The Labute approximate surface area is 155 Å². The average Bonchev–Trinajstić information content (AvgIpc) is 3.28. The number of ether oxygens (including phenoxy) is 2. The zero-order valence-electron chi connectivity index (χ0n) is 12.6. The highest BCUT2D eigenvalue weighted by molar-refractivity contribution is 7.98. The summed E-state index contributed by atoms with van der Waals surface area (Å²) in [4.78, 5) is 20.5. The smallest absolute Gasteiger partial charge is 0.350 e. The minimum absolute atomic E-state index is 0.0313. The summed E-state index contributed by atoms with van der Waals surface area (Å²) in [6.45, 7) is 0. The third-order valence-corrected chi connectivity index (χ3v) is 5.83. The lowest BCUT2D eigenvalue weighted by molar-refractivity contribution is -0.151. The first kappa shape index (κ1) is 17.7. The molecule has 24 heavy (non-hydrogen) atoms. The molecule has 0 unspecified atom stereocenters. The van der Waals surface area contributed by atoms with Gasteiger partial charge in [0, 0.05) is 12.8 Å². The molecule has 0 amide bonds. The van der Waals surface area contributed by atoms with Gasteiger partial charge >= 0.3 is 5.97 Å². The molecule has 2 aromatic rings. The molecular formula is C14H11Cl2FN2O3S2. The number of nitrogens with zero attached hydrogens (tertiary/aromatic N) is 2. The lowest BCUT2D eigenvalue weighted by Crippen LogP contribution is -2.31. The maximum atomic E-state index is 14.9. The van der Waals surface area contributed by atoms with E-state index in [-0.39, 0.29) is 11.6 Å². The number of thioether (sulfide) groups is 1. The number of halogens is 3. The first-order chi connectivity index (χ1) is 11.4. The van der Waals surface area contributed by atoms with Crippen molar-refractivity contribution in [2.24, 2.45) is 0 Å². The van der Waals surface area contributed by atoms with Gasteiger partial charge in [0.25, 0.3) is 5.88 Å². The summed E-state index contributed by atoms with van der Waals surface area (Å²) in [7, 11) is 1.26. The molecule has 5 nitrogen and oxygen atoms in total. The summed E-state index contributed by atoms with van der Waals surface area (Å²) >= 11 is 14.2. The third kappa shape index (κ3) is 3.20. The van der Waals surface area contributed by atoms with E-state index in [1.165, 1.54) is 24.9 Å². The topological polar surface area (TPSA) is 61.3 Å². The van der Waals surface area contributed by atoms with Gasteiger partial charge in [-0.25, -0.2) is 9.78 Å². The van der Waals surface area contributed by atoms with Crippen LogP contribution in [-0.2, 0) is 9.53 Å². The molecule has 0 aromatic carbocycles. The van der Waals surface area contributed by atoms with E-state index >= 15 is 0 Å². The van der Waals surface area contributed by atoms with E-state index in [0.717, 1.165) is 11.3 Å². The number of methoxy groups -OCH3 is 1. The molecule has 1 aliphatic rings. The van der Waals surface area contributed by atoms with Crippen LogP contribution in [-0.4, -0.2) is 34.9 Å². The Morgan fingerprint density at radius 3 is 2.62 bits per heavy atom. The lowest BCUT2D eigenvalue weighted by Gasteiger charge is -2.16. The van der Waals surface area contributed by atoms with Gasteiger partial charge in [-0.1, -0.05) is 35.0 Å². The van der Waals surface area contributed by atoms with Crippen LogP contribution in [0.4, 0.5) is 4.39 Å². The molecule has 1 saturated carbocycles. The number of rotatable bonds is 5. The maximum Gasteiger partial charge on any atom is 0.350 e. The minimum atomic E-state index is -1.17. The van der Waals surface area contributed by atoms with E-state index in [1.54, 1.807) is 6.26 Å². The van der Waals surface area contributed by atoms with E-state index in [0.29, 0.717) is 32.2 Å². The van der Waals surface area contributed by atoms with Crippen LogP contribution in [0.15, 0.2) is 11.2 Å². The molecule has 128 valence electrons. The van der Waals surface area contributed by atoms with Crippen LogP contribution in [0.2, 0.25) is 9.36 Å². The van der Waals surface area contributed by atoms with Crippen molar-refractivity contribution < 1.29 is 18.7 Å². The van der Waals surface area contributed by atoms with Crippen LogP contribution in [0.1, 0.15) is 12.8 Å². The Morgan fingerprint density at radius 2 is 2.12 bits per heavy atom. The lowest BCUT2D eigenvalue weighted by atomic mass is 10.3. The standard InChI is InChI=1S/C14H11Cl2FN2O3S2/c1-21-12(20)14(3-4-14)22-11-8(17)9(18-13(19-11)23-2)7-5-6(15)10(16)24-7/h5H,3-4H2,1-2H3. The van der Waals surface area contributed by atoms with Gasteiger partial charge in [-0.3, -0.25) is 0 Å².